The van der Waals surface area contributed by atoms with E-state index in [0.717, 1.165) is 0 Å². The second-order valence-corrected chi connectivity index (χ2v) is 3.16. The Hall–Kier alpha value is -0.240. The van der Waals surface area contributed by atoms with E-state index in [1.165, 1.54) is 0 Å². The van der Waals surface area contributed by atoms with Crippen LogP contribution in [0.4, 0.5) is 0 Å². The summed E-state index contributed by atoms with van der Waals surface area (Å²) in [5.74, 6) is 0. The number of aliphatic hydroxyl groups is 4. The Kier molecular flexibility index (Phi) is 7.85. The molecule has 0 aromatic rings. The molecule has 0 aliphatic rings. The largest absolute Gasteiger partial charge is 0.394 e. The van der Waals surface area contributed by atoms with Gasteiger partial charge in [-0.3, -0.25) is 0 Å². The summed E-state index contributed by atoms with van der Waals surface area (Å²) in [4.78, 5) is 0. The van der Waals surface area contributed by atoms with Gasteiger partial charge < -0.3 is 29.9 Å². The quantitative estimate of drug-likeness (QED) is 0.373. The molecule has 4 N–H and O–H groups in total. The van der Waals surface area contributed by atoms with Crippen molar-refractivity contribution in [2.75, 3.05) is 19.8 Å². The first kappa shape index (κ1) is 14.8. The van der Waals surface area contributed by atoms with Crippen LogP contribution in [0.1, 0.15) is 13.8 Å². The monoisotopic (exact) mass is 224 g/mol. The Labute approximate surface area is 89.1 Å². The van der Waals surface area contributed by atoms with Crippen molar-refractivity contribution < 1.29 is 29.9 Å². The van der Waals surface area contributed by atoms with Gasteiger partial charge in [0.1, 0.15) is 18.3 Å². The van der Waals surface area contributed by atoms with Gasteiger partial charge in [0.15, 0.2) is 6.29 Å². The second kappa shape index (κ2) is 7.98. The van der Waals surface area contributed by atoms with Gasteiger partial charge in [0, 0.05) is 6.61 Å². The van der Waals surface area contributed by atoms with Crippen LogP contribution in [0.5, 0.6) is 0 Å². The maximum Gasteiger partial charge on any atom is 0.154 e. The Balaban J connectivity index is 3.76. The summed E-state index contributed by atoms with van der Waals surface area (Å²) in [7, 11) is 0. The van der Waals surface area contributed by atoms with Gasteiger partial charge in [-0.1, -0.05) is 0 Å². The van der Waals surface area contributed by atoms with Crippen LogP contribution in [0.25, 0.3) is 0 Å². The molecule has 0 aliphatic carbocycles. The predicted molar refractivity (Wildman–Crippen MR) is 52.1 cm³/mol. The minimum Gasteiger partial charge on any atom is -0.394 e. The summed E-state index contributed by atoms with van der Waals surface area (Å²) in [5, 5.41) is 36.1. The zero-order valence-corrected chi connectivity index (χ0v) is 9.04. The number of aliphatic hydroxyl groups excluding tert-OH is 4. The lowest BCUT2D eigenvalue weighted by Gasteiger charge is -2.22. The van der Waals surface area contributed by atoms with E-state index in [4.69, 9.17) is 19.7 Å². The topological polar surface area (TPSA) is 99.4 Å². The molecule has 0 heterocycles. The van der Waals surface area contributed by atoms with Crippen molar-refractivity contribution in [2.24, 2.45) is 0 Å². The molecule has 6 heteroatoms. The van der Waals surface area contributed by atoms with Crippen LogP contribution in [0, 0.1) is 0 Å². The van der Waals surface area contributed by atoms with Crippen molar-refractivity contribution in [3.8, 4) is 0 Å². The molecule has 4 atom stereocenters. The van der Waals surface area contributed by atoms with Crippen molar-refractivity contribution in [2.45, 2.75) is 38.4 Å². The lowest BCUT2D eigenvalue weighted by molar-refractivity contribution is -0.166. The Bertz CT molecular complexity index is 154. The summed E-state index contributed by atoms with van der Waals surface area (Å²) in [6.45, 7) is 3.17. The number of hydrogen-bond donors (Lipinski definition) is 4. The fourth-order valence-electron chi connectivity index (χ4n) is 0.980. The maximum atomic E-state index is 9.33. The van der Waals surface area contributed by atoms with E-state index in [2.05, 4.69) is 0 Å². The molecule has 0 rings (SSSR count). The minimum atomic E-state index is -1.43. The molecular formula is C9H20O6. The molecule has 0 bridgehead atoms. The summed E-state index contributed by atoms with van der Waals surface area (Å²) in [6.07, 6.45) is -4.53. The van der Waals surface area contributed by atoms with E-state index >= 15 is 0 Å². The first-order valence-corrected chi connectivity index (χ1v) is 4.91. The highest BCUT2D eigenvalue weighted by atomic mass is 16.7. The van der Waals surface area contributed by atoms with Crippen LogP contribution in [-0.4, -0.2) is 64.8 Å². The van der Waals surface area contributed by atoms with Gasteiger partial charge in [0.05, 0.1) is 13.2 Å². The van der Waals surface area contributed by atoms with Gasteiger partial charge >= 0.3 is 0 Å². The standard InChI is InChI=1S/C9H20O6/c1-3-14-6(2)15-5-8(12)9(13)7(11)4-10/h6-13H,3-5H2,1-2H3. The van der Waals surface area contributed by atoms with Crippen LogP contribution < -0.4 is 0 Å². The Morgan fingerprint density at radius 3 is 2.13 bits per heavy atom. The van der Waals surface area contributed by atoms with Gasteiger partial charge in [-0.05, 0) is 13.8 Å². The summed E-state index contributed by atoms with van der Waals surface area (Å²) < 4.78 is 10.1. The molecule has 0 aromatic heterocycles. The van der Waals surface area contributed by atoms with Crippen LogP contribution in [0.15, 0.2) is 0 Å². The molecule has 92 valence electrons. The van der Waals surface area contributed by atoms with E-state index < -0.39 is 31.2 Å². The minimum absolute atomic E-state index is 0.167. The molecule has 0 fully saturated rings. The molecule has 15 heavy (non-hydrogen) atoms. The maximum absolute atomic E-state index is 9.33. The van der Waals surface area contributed by atoms with Gasteiger partial charge in [0.2, 0.25) is 0 Å². The lowest BCUT2D eigenvalue weighted by atomic mass is 10.1. The molecule has 6 nitrogen and oxygen atoms in total. The molecule has 0 radical (unpaired) electrons. The van der Waals surface area contributed by atoms with Gasteiger partial charge in [-0.2, -0.15) is 0 Å². The molecular weight excluding hydrogens is 204 g/mol. The fraction of sp³-hybridized carbons (Fsp3) is 1.00. The van der Waals surface area contributed by atoms with Crippen molar-refractivity contribution in [1.29, 1.82) is 0 Å². The third-order valence-corrected chi connectivity index (χ3v) is 1.88. The van der Waals surface area contributed by atoms with Gasteiger partial charge in [-0.25, -0.2) is 0 Å². The van der Waals surface area contributed by atoms with E-state index in [1.54, 1.807) is 13.8 Å². The molecule has 0 spiro atoms. The molecule has 0 aromatic carbocycles. The summed E-state index contributed by atoms with van der Waals surface area (Å²) in [6, 6.07) is 0. The average molecular weight is 224 g/mol. The van der Waals surface area contributed by atoms with Crippen molar-refractivity contribution in [1.82, 2.24) is 0 Å². The highest BCUT2D eigenvalue weighted by Crippen LogP contribution is 2.03. The second-order valence-electron chi connectivity index (χ2n) is 3.16. The fourth-order valence-corrected chi connectivity index (χ4v) is 0.980. The molecule has 4 unspecified atom stereocenters. The van der Waals surface area contributed by atoms with Crippen molar-refractivity contribution in [3.63, 3.8) is 0 Å². The summed E-state index contributed by atoms with van der Waals surface area (Å²) in [5.41, 5.74) is 0. The van der Waals surface area contributed by atoms with Crippen LogP contribution in [0.3, 0.4) is 0 Å². The molecule has 0 aliphatic heterocycles. The van der Waals surface area contributed by atoms with Crippen molar-refractivity contribution in [3.05, 3.63) is 0 Å². The van der Waals surface area contributed by atoms with Gasteiger partial charge in [0.25, 0.3) is 0 Å². The summed E-state index contributed by atoms with van der Waals surface area (Å²) >= 11 is 0. The Morgan fingerprint density at radius 2 is 1.67 bits per heavy atom. The lowest BCUT2D eigenvalue weighted by Crippen LogP contribution is -2.42. The zero-order chi connectivity index (χ0) is 11.8. The highest BCUT2D eigenvalue weighted by Gasteiger charge is 2.24. The Morgan fingerprint density at radius 1 is 1.07 bits per heavy atom. The third-order valence-electron chi connectivity index (χ3n) is 1.88. The van der Waals surface area contributed by atoms with Crippen LogP contribution in [0.2, 0.25) is 0 Å². The van der Waals surface area contributed by atoms with E-state index in [9.17, 15) is 10.2 Å². The van der Waals surface area contributed by atoms with Crippen LogP contribution in [-0.2, 0) is 9.47 Å². The van der Waals surface area contributed by atoms with E-state index in [-0.39, 0.29) is 6.61 Å². The smallest absolute Gasteiger partial charge is 0.154 e. The van der Waals surface area contributed by atoms with Crippen molar-refractivity contribution >= 4 is 0 Å². The third kappa shape index (κ3) is 6.03. The SMILES string of the molecule is CCOC(C)OCC(O)C(O)C(O)CO. The first-order chi connectivity index (χ1) is 7.02. The van der Waals surface area contributed by atoms with Crippen LogP contribution >= 0.6 is 0 Å². The molecule has 0 amide bonds. The number of hydrogen-bond acceptors (Lipinski definition) is 6. The molecule has 0 saturated carbocycles. The van der Waals surface area contributed by atoms with E-state index in [0.29, 0.717) is 6.61 Å². The zero-order valence-electron chi connectivity index (χ0n) is 9.04. The van der Waals surface area contributed by atoms with E-state index in [1.807, 2.05) is 0 Å². The first-order valence-electron chi connectivity index (χ1n) is 4.91. The van der Waals surface area contributed by atoms with Gasteiger partial charge in [-0.15, -0.1) is 0 Å². The average Bonchev–Trinajstić information content (AvgIpc) is 2.24. The number of rotatable bonds is 8. The predicted octanol–water partition coefficient (Wildman–Crippen LogP) is -1.54. The molecule has 0 saturated heterocycles. The normalized spacial score (nSPS) is 19.6. The highest BCUT2D eigenvalue weighted by molar-refractivity contribution is 4.74. The number of ether oxygens (including phenoxy) is 2.